The van der Waals surface area contributed by atoms with Gasteiger partial charge in [0.1, 0.15) is 0 Å². The monoisotopic (exact) mass is 274 g/mol. The van der Waals surface area contributed by atoms with Crippen LogP contribution in [0.1, 0.15) is 26.2 Å². The third-order valence-electron chi connectivity index (χ3n) is 2.82. The van der Waals surface area contributed by atoms with E-state index < -0.39 is 0 Å². The number of hydrogen-bond acceptors (Lipinski definition) is 5. The highest BCUT2D eigenvalue weighted by molar-refractivity contribution is 5.91. The molecule has 1 amide bonds. The third-order valence-corrected chi connectivity index (χ3v) is 2.82. The van der Waals surface area contributed by atoms with E-state index in [1.807, 2.05) is 25.1 Å². The van der Waals surface area contributed by atoms with Crippen LogP contribution in [0, 0.1) is 0 Å². The van der Waals surface area contributed by atoms with Gasteiger partial charge in [-0.25, -0.2) is 0 Å². The molecule has 1 aromatic carbocycles. The van der Waals surface area contributed by atoms with E-state index >= 15 is 0 Å². The number of carbonyl (C=O) groups excluding carboxylic acids is 1. The number of nitrogens with zero attached hydrogens (tertiary/aromatic N) is 2. The van der Waals surface area contributed by atoms with Crippen molar-refractivity contribution in [2.45, 2.75) is 32.2 Å². The SMILES string of the molecule is CC(N)CCCC(=O)Nc1cccc(-c2nnco2)c1. The summed E-state index contributed by atoms with van der Waals surface area (Å²) in [5.74, 6) is 0.409. The molecule has 2 aromatic rings. The van der Waals surface area contributed by atoms with E-state index in [9.17, 15) is 4.79 Å². The topological polar surface area (TPSA) is 94.0 Å². The first-order chi connectivity index (χ1) is 9.65. The van der Waals surface area contributed by atoms with Gasteiger partial charge in [-0.1, -0.05) is 6.07 Å². The van der Waals surface area contributed by atoms with Crippen LogP contribution >= 0.6 is 0 Å². The molecule has 1 heterocycles. The zero-order valence-corrected chi connectivity index (χ0v) is 11.4. The van der Waals surface area contributed by atoms with Gasteiger partial charge in [-0.15, -0.1) is 10.2 Å². The lowest BCUT2D eigenvalue weighted by Gasteiger charge is -2.07. The Kier molecular flexibility index (Phi) is 4.84. The van der Waals surface area contributed by atoms with Crippen LogP contribution in [0.5, 0.6) is 0 Å². The first-order valence-electron chi connectivity index (χ1n) is 6.57. The summed E-state index contributed by atoms with van der Waals surface area (Å²) in [6, 6.07) is 7.43. The molecule has 0 saturated heterocycles. The number of carbonyl (C=O) groups is 1. The van der Waals surface area contributed by atoms with E-state index in [-0.39, 0.29) is 11.9 Å². The van der Waals surface area contributed by atoms with Crippen LogP contribution < -0.4 is 11.1 Å². The van der Waals surface area contributed by atoms with Gasteiger partial charge in [-0.3, -0.25) is 4.79 Å². The van der Waals surface area contributed by atoms with Gasteiger partial charge in [0.05, 0.1) is 0 Å². The summed E-state index contributed by atoms with van der Waals surface area (Å²) in [5, 5.41) is 10.3. The molecule has 0 aliphatic heterocycles. The molecule has 20 heavy (non-hydrogen) atoms. The molecule has 0 radical (unpaired) electrons. The Labute approximate surface area is 117 Å². The van der Waals surface area contributed by atoms with Crippen molar-refractivity contribution in [2.24, 2.45) is 5.73 Å². The highest BCUT2D eigenvalue weighted by Crippen LogP contribution is 2.20. The fraction of sp³-hybridized carbons (Fsp3) is 0.357. The van der Waals surface area contributed by atoms with Crippen LogP contribution in [0.2, 0.25) is 0 Å². The summed E-state index contributed by atoms with van der Waals surface area (Å²) in [7, 11) is 0. The van der Waals surface area contributed by atoms with E-state index in [0.29, 0.717) is 18.0 Å². The Morgan fingerprint density at radius 1 is 1.50 bits per heavy atom. The van der Waals surface area contributed by atoms with Gasteiger partial charge in [0, 0.05) is 23.7 Å². The van der Waals surface area contributed by atoms with Crippen molar-refractivity contribution in [1.29, 1.82) is 0 Å². The molecule has 2 rings (SSSR count). The summed E-state index contributed by atoms with van der Waals surface area (Å²) in [6.45, 7) is 1.94. The van der Waals surface area contributed by atoms with Gasteiger partial charge < -0.3 is 15.5 Å². The van der Waals surface area contributed by atoms with Crippen LogP contribution in [0.25, 0.3) is 11.5 Å². The summed E-state index contributed by atoms with van der Waals surface area (Å²) >= 11 is 0. The van der Waals surface area contributed by atoms with Gasteiger partial charge in [-0.05, 0) is 38.0 Å². The number of nitrogens with one attached hydrogen (secondary N) is 1. The quantitative estimate of drug-likeness (QED) is 0.842. The summed E-state index contributed by atoms with van der Waals surface area (Å²) in [6.07, 6.45) is 3.36. The Morgan fingerprint density at radius 2 is 2.35 bits per heavy atom. The average molecular weight is 274 g/mol. The highest BCUT2D eigenvalue weighted by atomic mass is 16.4. The van der Waals surface area contributed by atoms with Gasteiger partial charge in [-0.2, -0.15) is 0 Å². The number of aromatic nitrogens is 2. The predicted octanol–water partition coefficient (Wildman–Crippen LogP) is 2.19. The van der Waals surface area contributed by atoms with E-state index in [4.69, 9.17) is 10.2 Å². The molecule has 0 bridgehead atoms. The Bertz CT molecular complexity index is 552. The molecular weight excluding hydrogens is 256 g/mol. The largest absolute Gasteiger partial charge is 0.423 e. The van der Waals surface area contributed by atoms with Crippen molar-refractivity contribution in [3.63, 3.8) is 0 Å². The second kappa shape index (κ2) is 6.81. The molecule has 0 spiro atoms. The van der Waals surface area contributed by atoms with E-state index in [1.165, 1.54) is 6.39 Å². The summed E-state index contributed by atoms with van der Waals surface area (Å²) in [5.41, 5.74) is 7.14. The lowest BCUT2D eigenvalue weighted by atomic mass is 10.1. The maximum Gasteiger partial charge on any atom is 0.247 e. The number of anilines is 1. The average Bonchev–Trinajstić information content (AvgIpc) is 2.92. The van der Waals surface area contributed by atoms with Crippen molar-refractivity contribution < 1.29 is 9.21 Å². The van der Waals surface area contributed by atoms with Gasteiger partial charge in [0.15, 0.2) is 0 Å². The molecule has 0 fully saturated rings. The molecule has 1 atom stereocenters. The number of benzene rings is 1. The minimum absolute atomic E-state index is 0.0201. The standard InChI is InChI=1S/C14H18N4O2/c1-10(15)4-2-7-13(19)17-12-6-3-5-11(8-12)14-18-16-9-20-14/h3,5-6,8-10H,2,4,7,15H2,1H3,(H,17,19). The second-order valence-corrected chi connectivity index (χ2v) is 4.74. The number of hydrogen-bond donors (Lipinski definition) is 2. The first kappa shape index (κ1) is 14.2. The van der Waals surface area contributed by atoms with Crippen molar-refractivity contribution in [1.82, 2.24) is 10.2 Å². The van der Waals surface area contributed by atoms with Gasteiger partial charge in [0.2, 0.25) is 18.2 Å². The smallest absolute Gasteiger partial charge is 0.247 e. The number of amides is 1. The Hall–Kier alpha value is -2.21. The lowest BCUT2D eigenvalue weighted by Crippen LogP contribution is -2.16. The maximum absolute atomic E-state index is 11.8. The van der Waals surface area contributed by atoms with Crippen molar-refractivity contribution in [3.05, 3.63) is 30.7 Å². The Balaban J connectivity index is 1.93. The molecule has 6 heteroatoms. The molecule has 0 aliphatic carbocycles. The fourth-order valence-electron chi connectivity index (χ4n) is 1.84. The van der Waals surface area contributed by atoms with Crippen LogP contribution in [-0.2, 0) is 4.79 Å². The number of rotatable bonds is 6. The molecule has 0 saturated carbocycles. The number of nitrogens with two attached hydrogens (primary N) is 1. The van der Waals surface area contributed by atoms with Crippen LogP contribution in [0.3, 0.4) is 0 Å². The van der Waals surface area contributed by atoms with Gasteiger partial charge >= 0.3 is 0 Å². The Morgan fingerprint density at radius 3 is 3.05 bits per heavy atom. The second-order valence-electron chi connectivity index (χ2n) is 4.74. The van der Waals surface area contributed by atoms with Crippen molar-refractivity contribution >= 4 is 11.6 Å². The van der Waals surface area contributed by atoms with E-state index in [0.717, 1.165) is 18.4 Å². The fourth-order valence-corrected chi connectivity index (χ4v) is 1.84. The molecule has 1 aromatic heterocycles. The zero-order valence-electron chi connectivity index (χ0n) is 11.4. The predicted molar refractivity (Wildman–Crippen MR) is 75.9 cm³/mol. The maximum atomic E-state index is 11.8. The normalized spacial score (nSPS) is 12.1. The van der Waals surface area contributed by atoms with Crippen LogP contribution in [-0.4, -0.2) is 22.1 Å². The van der Waals surface area contributed by atoms with E-state index in [2.05, 4.69) is 15.5 Å². The molecule has 106 valence electrons. The minimum atomic E-state index is -0.0201. The first-order valence-corrected chi connectivity index (χ1v) is 6.57. The molecular formula is C14H18N4O2. The zero-order chi connectivity index (χ0) is 14.4. The van der Waals surface area contributed by atoms with E-state index in [1.54, 1.807) is 6.07 Å². The van der Waals surface area contributed by atoms with Crippen LogP contribution in [0.15, 0.2) is 35.1 Å². The minimum Gasteiger partial charge on any atom is -0.423 e. The summed E-state index contributed by atoms with van der Waals surface area (Å²) in [4.78, 5) is 11.8. The molecule has 1 unspecified atom stereocenters. The molecule has 0 aliphatic rings. The highest BCUT2D eigenvalue weighted by Gasteiger charge is 2.07. The van der Waals surface area contributed by atoms with Crippen molar-refractivity contribution in [2.75, 3.05) is 5.32 Å². The van der Waals surface area contributed by atoms with Gasteiger partial charge in [0.25, 0.3) is 0 Å². The van der Waals surface area contributed by atoms with Crippen LogP contribution in [0.4, 0.5) is 5.69 Å². The third kappa shape index (κ3) is 4.17. The molecule has 3 N–H and O–H groups in total. The molecule has 6 nitrogen and oxygen atoms in total. The lowest BCUT2D eigenvalue weighted by molar-refractivity contribution is -0.116. The van der Waals surface area contributed by atoms with Crippen molar-refractivity contribution in [3.8, 4) is 11.5 Å². The summed E-state index contributed by atoms with van der Waals surface area (Å²) < 4.78 is 5.12.